The van der Waals surface area contributed by atoms with E-state index in [1.807, 2.05) is 0 Å². The molecule has 2 saturated heterocycles. The van der Waals surface area contributed by atoms with Crippen molar-refractivity contribution in [2.45, 2.75) is 28.5 Å². The monoisotopic (exact) mass is 848 g/mol. The number of carboxylic acid groups (broad SMARTS) is 1. The topological polar surface area (TPSA) is 162 Å². The number of hydrogen-bond donors (Lipinski definition) is 3. The van der Waals surface area contributed by atoms with Crippen molar-refractivity contribution in [2.24, 2.45) is 17.8 Å². The summed E-state index contributed by atoms with van der Waals surface area (Å²) in [5.41, 5.74) is 0.231. The number of carboxylic acids is 1. The number of fused-ring (bicyclic) bond motifs is 4. The standard InChI is InChI=1S/C29H21Br3Cl2N2O9/c1-45-17-7-14(20(31)21(32)22(17)38)19-11-4-5-13-18(15(11)8-28(33)26(43)35(9-30)27(44)29(19,28)34)24(40)36(23(13)39)10-2-3-12(25(41)42)16(37)6-10/h2-4,6-7,13,15,18-19,37-38H,5,8-9H2,1H3,(H,41,42). The number of benzene rings is 2. The zero-order chi connectivity index (χ0) is 32.9. The number of alkyl halides is 3. The number of imide groups is 2. The fraction of sp³-hybridized carbons (Fsp3) is 0.345. The number of carbonyl (C=O) groups is 5. The number of hydrogen-bond acceptors (Lipinski definition) is 8. The van der Waals surface area contributed by atoms with Crippen molar-refractivity contribution < 1.29 is 44.0 Å². The number of aromatic carboxylic acids is 1. The second-order valence-corrected chi connectivity index (χ2v) is 14.5. The lowest BCUT2D eigenvalue weighted by Crippen LogP contribution is -2.60. The summed E-state index contributed by atoms with van der Waals surface area (Å²) in [5, 5.41) is 30.2. The number of rotatable bonds is 5. The van der Waals surface area contributed by atoms with E-state index in [1.54, 1.807) is 6.08 Å². The van der Waals surface area contributed by atoms with Gasteiger partial charge in [0.1, 0.15) is 11.3 Å². The lowest BCUT2D eigenvalue weighted by Gasteiger charge is -2.51. The Bertz CT molecular complexity index is 1790. The average molecular weight is 852 g/mol. The minimum atomic E-state index is -2.08. The van der Waals surface area contributed by atoms with Crippen molar-refractivity contribution in [2.75, 3.05) is 17.5 Å². The minimum absolute atomic E-state index is 0.0179. The van der Waals surface area contributed by atoms with Crippen molar-refractivity contribution in [1.82, 2.24) is 4.90 Å². The summed E-state index contributed by atoms with van der Waals surface area (Å²) in [6.45, 7) is 0. The number of anilines is 1. The zero-order valence-corrected chi connectivity index (χ0v) is 29.2. The van der Waals surface area contributed by atoms with Gasteiger partial charge in [0.2, 0.25) is 11.8 Å². The lowest BCUT2D eigenvalue weighted by molar-refractivity contribution is -0.138. The molecule has 236 valence electrons. The lowest BCUT2D eigenvalue weighted by atomic mass is 9.56. The van der Waals surface area contributed by atoms with Gasteiger partial charge in [-0.3, -0.25) is 24.1 Å². The first-order chi connectivity index (χ1) is 21.1. The largest absolute Gasteiger partial charge is 0.507 e. The summed E-state index contributed by atoms with van der Waals surface area (Å²) in [7, 11) is 1.34. The number of halogens is 5. The Labute approximate surface area is 290 Å². The molecule has 4 amide bonds. The molecule has 6 unspecified atom stereocenters. The van der Waals surface area contributed by atoms with Crippen molar-refractivity contribution in [1.29, 1.82) is 0 Å². The third kappa shape index (κ3) is 4.21. The number of methoxy groups -OCH3 is 1. The third-order valence-electron chi connectivity index (χ3n) is 9.19. The van der Waals surface area contributed by atoms with Crippen LogP contribution < -0.4 is 9.64 Å². The van der Waals surface area contributed by atoms with Crippen LogP contribution in [0.5, 0.6) is 17.2 Å². The van der Waals surface area contributed by atoms with Gasteiger partial charge < -0.3 is 20.1 Å². The van der Waals surface area contributed by atoms with E-state index in [4.69, 9.17) is 27.9 Å². The van der Waals surface area contributed by atoms with Crippen molar-refractivity contribution >= 4 is 106 Å². The van der Waals surface area contributed by atoms with Gasteiger partial charge in [-0.25, -0.2) is 9.69 Å². The van der Waals surface area contributed by atoms with E-state index in [0.717, 1.165) is 21.9 Å². The third-order valence-corrected chi connectivity index (χ3v) is 13.3. The van der Waals surface area contributed by atoms with Crippen LogP contribution in [-0.4, -0.2) is 72.1 Å². The van der Waals surface area contributed by atoms with Crippen molar-refractivity contribution in [3.63, 3.8) is 0 Å². The van der Waals surface area contributed by atoms with Crippen LogP contribution in [0.1, 0.15) is 34.7 Å². The maximum absolute atomic E-state index is 14.2. The van der Waals surface area contributed by atoms with E-state index in [-0.39, 0.29) is 40.0 Å². The predicted octanol–water partition coefficient (Wildman–Crippen LogP) is 5.25. The van der Waals surface area contributed by atoms with E-state index >= 15 is 0 Å². The SMILES string of the molecule is COc1cc(C2C3=CCC4C(=O)N(c5ccc(C(=O)O)c(O)c5)C(=O)C4C3CC3(Cl)C(=O)N(CBr)C(=O)C23Cl)c(Br)c(Br)c1O. The Kier molecular flexibility index (Phi) is 7.87. The number of phenols is 2. The zero-order valence-electron chi connectivity index (χ0n) is 22.9. The Morgan fingerprint density at radius 2 is 1.73 bits per heavy atom. The predicted molar refractivity (Wildman–Crippen MR) is 171 cm³/mol. The van der Waals surface area contributed by atoms with Crippen molar-refractivity contribution in [3.8, 4) is 17.2 Å². The summed E-state index contributed by atoms with van der Waals surface area (Å²) in [6, 6.07) is 4.86. The maximum atomic E-state index is 14.2. The number of allylic oxidation sites excluding steroid dienone is 2. The molecule has 11 nitrogen and oxygen atoms in total. The Morgan fingerprint density at radius 3 is 2.33 bits per heavy atom. The molecule has 2 aliphatic heterocycles. The highest BCUT2D eigenvalue weighted by Crippen LogP contribution is 2.67. The van der Waals surface area contributed by atoms with Gasteiger partial charge >= 0.3 is 5.97 Å². The number of phenolic OH excluding ortho intramolecular Hbond substituents is 1. The Morgan fingerprint density at radius 1 is 1.04 bits per heavy atom. The fourth-order valence-electron chi connectivity index (χ4n) is 7.17. The molecule has 2 heterocycles. The maximum Gasteiger partial charge on any atom is 0.339 e. The average Bonchev–Trinajstić information content (AvgIpc) is 3.33. The highest BCUT2D eigenvalue weighted by atomic mass is 79.9. The molecule has 0 spiro atoms. The number of amides is 4. The van der Waals surface area contributed by atoms with Crippen LogP contribution in [0.15, 0.2) is 44.9 Å². The summed E-state index contributed by atoms with van der Waals surface area (Å²) in [5.74, 6) is -8.82. The van der Waals surface area contributed by atoms with Gasteiger partial charge in [-0.1, -0.05) is 27.6 Å². The van der Waals surface area contributed by atoms with Gasteiger partial charge in [0.25, 0.3) is 11.8 Å². The van der Waals surface area contributed by atoms with Gasteiger partial charge in [0.05, 0.1) is 34.6 Å². The fourth-order valence-corrected chi connectivity index (χ4v) is 9.54. The van der Waals surface area contributed by atoms with E-state index in [0.29, 0.717) is 15.6 Å². The molecule has 16 heteroatoms. The van der Waals surface area contributed by atoms with E-state index in [1.165, 1.54) is 19.2 Å². The molecule has 3 fully saturated rings. The molecule has 4 aliphatic rings. The smallest absolute Gasteiger partial charge is 0.339 e. The second kappa shape index (κ2) is 11.0. The van der Waals surface area contributed by atoms with E-state index in [2.05, 4.69) is 47.8 Å². The molecular formula is C29H21Br3Cl2N2O9. The van der Waals surface area contributed by atoms with E-state index in [9.17, 15) is 39.3 Å². The van der Waals surface area contributed by atoms with Crippen LogP contribution in [0.25, 0.3) is 0 Å². The highest BCUT2D eigenvalue weighted by molar-refractivity contribution is 9.13. The van der Waals surface area contributed by atoms with Crippen LogP contribution in [0, 0.1) is 17.8 Å². The van der Waals surface area contributed by atoms with Crippen LogP contribution in [0.3, 0.4) is 0 Å². The molecule has 2 aromatic rings. The molecule has 2 aromatic carbocycles. The summed E-state index contributed by atoms with van der Waals surface area (Å²) in [6.07, 6.45) is 1.57. The molecular weight excluding hydrogens is 831 g/mol. The molecule has 0 radical (unpaired) electrons. The van der Waals surface area contributed by atoms with Gasteiger partial charge in [-0.2, -0.15) is 0 Å². The number of nitrogens with zero attached hydrogens (tertiary/aromatic N) is 2. The number of likely N-dealkylation sites (tertiary alicyclic amines) is 1. The van der Waals surface area contributed by atoms with Gasteiger partial charge in [-0.05, 0) is 74.4 Å². The van der Waals surface area contributed by atoms with Gasteiger partial charge in [0.15, 0.2) is 21.2 Å². The van der Waals surface area contributed by atoms with Crippen LogP contribution in [-0.2, 0) is 19.2 Å². The quantitative estimate of drug-likeness (QED) is 0.158. The molecule has 6 atom stereocenters. The summed E-state index contributed by atoms with van der Waals surface area (Å²) < 4.78 is 5.86. The first-order valence-corrected chi connectivity index (χ1v) is 16.8. The highest BCUT2D eigenvalue weighted by Gasteiger charge is 2.76. The van der Waals surface area contributed by atoms with E-state index < -0.39 is 74.3 Å². The summed E-state index contributed by atoms with van der Waals surface area (Å²) in [4.78, 5) is 64.8. The Hall–Kier alpha value is -2.65. The summed E-state index contributed by atoms with van der Waals surface area (Å²) >= 11 is 24.5. The molecule has 6 rings (SSSR count). The number of aromatic hydroxyl groups is 2. The number of ether oxygens (including phenoxy) is 1. The molecule has 0 aromatic heterocycles. The second-order valence-electron chi connectivity index (χ2n) is 11.1. The van der Waals surface area contributed by atoms with Crippen molar-refractivity contribution in [3.05, 3.63) is 56.0 Å². The first-order valence-electron chi connectivity index (χ1n) is 13.3. The van der Waals surface area contributed by atoms with Crippen LogP contribution in [0.2, 0.25) is 0 Å². The normalized spacial score (nSPS) is 30.7. The van der Waals surface area contributed by atoms with Gasteiger partial charge in [-0.15, -0.1) is 23.2 Å². The Balaban J connectivity index is 1.54. The molecule has 0 bridgehead atoms. The molecule has 1 saturated carbocycles. The van der Waals surface area contributed by atoms with Gasteiger partial charge in [0, 0.05) is 16.5 Å². The first kappa shape index (κ1) is 32.3. The molecule has 45 heavy (non-hydrogen) atoms. The number of carbonyl (C=O) groups excluding carboxylic acids is 4. The van der Waals surface area contributed by atoms with Crippen LogP contribution >= 0.6 is 71.0 Å². The van der Waals surface area contributed by atoms with Crippen LogP contribution in [0.4, 0.5) is 5.69 Å². The minimum Gasteiger partial charge on any atom is -0.507 e. The molecule has 2 aliphatic carbocycles. The molecule has 3 N–H and O–H groups in total.